The first kappa shape index (κ1) is 21.0. The lowest BCUT2D eigenvalue weighted by molar-refractivity contribution is -0.127. The average Bonchev–Trinajstić information content (AvgIpc) is 2.50. The van der Waals surface area contributed by atoms with E-state index in [0.29, 0.717) is 12.5 Å². The van der Waals surface area contributed by atoms with Crippen molar-refractivity contribution < 1.29 is 4.79 Å². The maximum atomic E-state index is 11.6. The number of likely N-dealkylation sites (N-methyl/N-ethyl adjacent to an activating group) is 1. The van der Waals surface area contributed by atoms with Crippen molar-refractivity contribution in [3.8, 4) is 0 Å². The molecule has 8 heteroatoms. The lowest BCUT2D eigenvalue weighted by Gasteiger charge is -2.14. The van der Waals surface area contributed by atoms with Crippen molar-refractivity contribution in [2.45, 2.75) is 6.54 Å². The van der Waals surface area contributed by atoms with Gasteiger partial charge in [-0.3, -0.25) is 9.78 Å². The Morgan fingerprint density at radius 2 is 2.14 bits per heavy atom. The number of aliphatic imine (C=N–C) groups is 1. The molecule has 0 saturated heterocycles. The molecular formula is C14H24IN5OS. The summed E-state index contributed by atoms with van der Waals surface area (Å²) in [6, 6.07) is 5.73. The van der Waals surface area contributed by atoms with Gasteiger partial charge in [-0.2, -0.15) is 11.8 Å². The van der Waals surface area contributed by atoms with E-state index in [1.54, 1.807) is 37.0 Å². The summed E-state index contributed by atoms with van der Waals surface area (Å²) in [5, 5.41) is 6.25. The van der Waals surface area contributed by atoms with E-state index in [1.807, 2.05) is 18.2 Å². The minimum atomic E-state index is 0. The molecule has 2 N–H and O–H groups in total. The molecule has 0 aliphatic rings. The lowest BCUT2D eigenvalue weighted by Crippen LogP contribution is -2.43. The zero-order chi connectivity index (χ0) is 15.5. The molecule has 1 aromatic rings. The molecule has 6 nitrogen and oxygen atoms in total. The number of halogens is 1. The molecule has 0 unspecified atom stereocenters. The molecule has 124 valence electrons. The standard InChI is InChI=1S/C14H23N5OS.HI/c1-19(2)13(20)11-18-14(16-8-9-21-3)17-10-12-6-4-5-7-15-12;/h4-7H,8-11H2,1-3H3,(H2,16,17,18);1H. The second-order valence-corrected chi connectivity index (χ2v) is 5.53. The van der Waals surface area contributed by atoms with E-state index >= 15 is 0 Å². The number of thioether (sulfide) groups is 1. The highest BCUT2D eigenvalue weighted by Gasteiger charge is 2.05. The van der Waals surface area contributed by atoms with Crippen molar-refractivity contribution in [3.05, 3.63) is 30.1 Å². The topological polar surface area (TPSA) is 69.6 Å². The van der Waals surface area contributed by atoms with Gasteiger partial charge in [-0.1, -0.05) is 6.07 Å². The monoisotopic (exact) mass is 437 g/mol. The maximum Gasteiger partial charge on any atom is 0.241 e. The van der Waals surface area contributed by atoms with Gasteiger partial charge in [0.2, 0.25) is 5.91 Å². The van der Waals surface area contributed by atoms with Crippen LogP contribution in [0.25, 0.3) is 0 Å². The molecule has 0 bridgehead atoms. The largest absolute Gasteiger partial charge is 0.356 e. The first-order chi connectivity index (χ1) is 10.1. The quantitative estimate of drug-likeness (QED) is 0.290. The van der Waals surface area contributed by atoms with E-state index in [0.717, 1.165) is 18.0 Å². The number of guanidine groups is 1. The minimum absolute atomic E-state index is 0. The van der Waals surface area contributed by atoms with Crippen molar-refractivity contribution >= 4 is 47.6 Å². The van der Waals surface area contributed by atoms with Crippen molar-refractivity contribution in [2.75, 3.05) is 39.2 Å². The number of rotatable bonds is 7. The van der Waals surface area contributed by atoms with Gasteiger partial charge in [-0.05, 0) is 18.4 Å². The van der Waals surface area contributed by atoms with Gasteiger partial charge in [0.1, 0.15) is 0 Å². The van der Waals surface area contributed by atoms with Gasteiger partial charge in [0.25, 0.3) is 0 Å². The lowest BCUT2D eigenvalue weighted by atomic mass is 10.3. The van der Waals surface area contributed by atoms with Crippen molar-refractivity contribution in [1.82, 2.24) is 20.5 Å². The molecule has 1 heterocycles. The van der Waals surface area contributed by atoms with Crippen molar-refractivity contribution in [1.29, 1.82) is 0 Å². The van der Waals surface area contributed by atoms with Crippen LogP contribution in [-0.4, -0.2) is 60.9 Å². The van der Waals surface area contributed by atoms with Gasteiger partial charge in [0.15, 0.2) is 5.96 Å². The molecule has 0 aromatic carbocycles. The molecule has 0 atom stereocenters. The van der Waals surface area contributed by atoms with Crippen LogP contribution >= 0.6 is 35.7 Å². The van der Waals surface area contributed by atoms with Gasteiger partial charge in [-0.25, -0.2) is 4.99 Å². The van der Waals surface area contributed by atoms with Gasteiger partial charge < -0.3 is 15.5 Å². The second kappa shape index (κ2) is 12.5. The molecule has 1 amide bonds. The predicted molar refractivity (Wildman–Crippen MR) is 104 cm³/mol. The van der Waals surface area contributed by atoms with Crippen molar-refractivity contribution in [2.24, 2.45) is 4.99 Å². The normalized spacial score (nSPS) is 10.6. The highest BCUT2D eigenvalue weighted by Crippen LogP contribution is 1.95. The number of carbonyl (C=O) groups is 1. The number of hydrogen-bond acceptors (Lipinski definition) is 4. The first-order valence-corrected chi connectivity index (χ1v) is 8.14. The SMILES string of the molecule is CSCCNC(=NCc1ccccn1)NCC(=O)N(C)C.I. The van der Waals surface area contributed by atoms with Gasteiger partial charge in [-0.15, -0.1) is 24.0 Å². The number of carbonyl (C=O) groups excluding carboxylic acids is 1. The zero-order valence-electron chi connectivity index (χ0n) is 13.2. The second-order valence-electron chi connectivity index (χ2n) is 4.55. The van der Waals surface area contributed by atoms with Crippen LogP contribution < -0.4 is 10.6 Å². The first-order valence-electron chi connectivity index (χ1n) is 6.74. The van der Waals surface area contributed by atoms with Crippen LogP contribution in [0, 0.1) is 0 Å². The third-order valence-corrected chi connectivity index (χ3v) is 3.24. The Kier molecular flexibility index (Phi) is 11.9. The maximum absolute atomic E-state index is 11.6. The number of amides is 1. The number of nitrogens with zero attached hydrogens (tertiary/aromatic N) is 3. The van der Waals surface area contributed by atoms with Crippen molar-refractivity contribution in [3.63, 3.8) is 0 Å². The Bertz CT molecular complexity index is 456. The summed E-state index contributed by atoms with van der Waals surface area (Å²) in [7, 11) is 3.46. The van der Waals surface area contributed by atoms with E-state index in [2.05, 4.69) is 26.9 Å². The van der Waals surface area contributed by atoms with Crippen LogP contribution in [0.15, 0.2) is 29.4 Å². The van der Waals surface area contributed by atoms with Crippen LogP contribution in [-0.2, 0) is 11.3 Å². The molecule has 22 heavy (non-hydrogen) atoms. The molecule has 0 aliphatic heterocycles. The van der Waals surface area contributed by atoms with Crippen LogP contribution in [0.3, 0.4) is 0 Å². The highest BCUT2D eigenvalue weighted by atomic mass is 127. The summed E-state index contributed by atoms with van der Waals surface area (Å²) in [6.07, 6.45) is 3.80. The van der Waals surface area contributed by atoms with Gasteiger partial charge in [0, 0.05) is 32.6 Å². The van der Waals surface area contributed by atoms with E-state index in [-0.39, 0.29) is 36.4 Å². The molecule has 0 radical (unpaired) electrons. The van der Waals surface area contributed by atoms with E-state index in [4.69, 9.17) is 0 Å². The Hall–Kier alpha value is -1.03. The van der Waals surface area contributed by atoms with Gasteiger partial charge in [0.05, 0.1) is 18.8 Å². The summed E-state index contributed by atoms with van der Waals surface area (Å²) in [6.45, 7) is 1.50. The van der Waals surface area contributed by atoms with Crippen LogP contribution in [0.2, 0.25) is 0 Å². The molecule has 0 aliphatic carbocycles. The minimum Gasteiger partial charge on any atom is -0.356 e. The number of nitrogens with one attached hydrogen (secondary N) is 2. The fourth-order valence-corrected chi connectivity index (χ4v) is 1.72. The Morgan fingerprint density at radius 1 is 1.36 bits per heavy atom. The molecule has 0 saturated carbocycles. The number of aromatic nitrogens is 1. The average molecular weight is 437 g/mol. The summed E-state index contributed by atoms with van der Waals surface area (Å²) >= 11 is 1.75. The molecule has 0 spiro atoms. The Balaban J connectivity index is 0.00000441. The predicted octanol–water partition coefficient (Wildman–Crippen LogP) is 1.19. The summed E-state index contributed by atoms with van der Waals surface area (Å²) in [5.74, 6) is 1.61. The summed E-state index contributed by atoms with van der Waals surface area (Å²) in [4.78, 5) is 21.8. The van der Waals surface area contributed by atoms with Crippen LogP contribution in [0.1, 0.15) is 5.69 Å². The third-order valence-electron chi connectivity index (χ3n) is 2.63. The molecule has 1 aromatic heterocycles. The molecular weight excluding hydrogens is 413 g/mol. The zero-order valence-corrected chi connectivity index (χ0v) is 16.4. The summed E-state index contributed by atoms with van der Waals surface area (Å²) < 4.78 is 0. The number of pyridine rings is 1. The molecule has 1 rings (SSSR count). The van der Waals surface area contributed by atoms with E-state index in [9.17, 15) is 4.79 Å². The smallest absolute Gasteiger partial charge is 0.241 e. The number of hydrogen-bond donors (Lipinski definition) is 2. The van der Waals surface area contributed by atoms with E-state index < -0.39 is 0 Å². The van der Waals surface area contributed by atoms with Crippen LogP contribution in [0.5, 0.6) is 0 Å². The Labute approximate surface area is 153 Å². The van der Waals surface area contributed by atoms with Crippen LogP contribution in [0.4, 0.5) is 0 Å². The van der Waals surface area contributed by atoms with Gasteiger partial charge >= 0.3 is 0 Å². The Morgan fingerprint density at radius 3 is 2.73 bits per heavy atom. The molecule has 0 fully saturated rings. The summed E-state index contributed by atoms with van der Waals surface area (Å²) in [5.41, 5.74) is 0.891. The van der Waals surface area contributed by atoms with E-state index in [1.165, 1.54) is 0 Å². The third kappa shape index (κ3) is 9.08. The fourth-order valence-electron chi connectivity index (χ4n) is 1.41. The fraction of sp³-hybridized carbons (Fsp3) is 0.500. The highest BCUT2D eigenvalue weighted by molar-refractivity contribution is 14.0.